The normalized spacial score (nSPS) is 16.2. The molecule has 0 aliphatic carbocycles. The van der Waals surface area contributed by atoms with E-state index < -0.39 is 11.7 Å². The molecule has 6 heteroatoms. The molecule has 0 bridgehead atoms. The Morgan fingerprint density at radius 2 is 1.90 bits per heavy atom. The highest BCUT2D eigenvalue weighted by Crippen LogP contribution is 2.28. The van der Waals surface area contributed by atoms with Gasteiger partial charge in [0, 0.05) is 24.8 Å². The molecule has 1 saturated heterocycles. The van der Waals surface area contributed by atoms with Gasteiger partial charge in [-0.3, -0.25) is 14.6 Å². The molecule has 0 spiro atoms. The molecule has 2 amide bonds. The second-order valence-electron chi connectivity index (χ2n) is 7.06. The zero-order chi connectivity index (χ0) is 20.9. The molecule has 2 aromatic carbocycles. The van der Waals surface area contributed by atoms with E-state index in [4.69, 9.17) is 0 Å². The number of carbonyl (C=O) groups excluding carboxylic acids is 2. The van der Waals surface area contributed by atoms with Gasteiger partial charge in [-0.2, -0.15) is 0 Å². The van der Waals surface area contributed by atoms with Crippen LogP contribution >= 0.6 is 0 Å². The third-order valence-electron chi connectivity index (χ3n) is 4.93. The molecule has 1 aromatic heterocycles. The number of amides is 2. The molecule has 5 nitrogen and oxygen atoms in total. The lowest BCUT2D eigenvalue weighted by Gasteiger charge is -2.17. The van der Waals surface area contributed by atoms with Crippen LogP contribution in [0.15, 0.2) is 72.9 Å². The minimum absolute atomic E-state index is 0.0550. The van der Waals surface area contributed by atoms with Crippen LogP contribution < -0.4 is 10.2 Å². The lowest BCUT2D eigenvalue weighted by atomic mass is 10.1. The number of pyridine rings is 1. The number of halogens is 1. The Morgan fingerprint density at radius 1 is 1.07 bits per heavy atom. The Kier molecular flexibility index (Phi) is 5.66. The van der Waals surface area contributed by atoms with Crippen molar-refractivity contribution in [1.29, 1.82) is 0 Å². The van der Waals surface area contributed by atoms with Crippen molar-refractivity contribution < 1.29 is 14.0 Å². The standard InChI is InChI=1S/C24H20FN3O2/c25-21-9-1-2-10-22(21)28-16-18(15-23(28)29)24(30)27-20-8-5-6-17(14-20)11-12-19-7-3-4-13-26-19/h1-14,18H,15-16H2,(H,27,30)/b12-11+/t18-/m0/s1. The number of para-hydroxylation sites is 1. The zero-order valence-electron chi connectivity index (χ0n) is 16.2. The SMILES string of the molecule is O=C(Nc1cccc(/C=C/c2ccccn2)c1)[C@H]1CC(=O)N(c2ccccc2F)C1. The number of carbonyl (C=O) groups is 2. The van der Waals surface area contributed by atoms with E-state index in [0.29, 0.717) is 5.69 Å². The maximum atomic E-state index is 14.0. The highest BCUT2D eigenvalue weighted by molar-refractivity contribution is 6.03. The molecular weight excluding hydrogens is 381 g/mol. The molecule has 1 N–H and O–H groups in total. The third kappa shape index (κ3) is 4.43. The quantitative estimate of drug-likeness (QED) is 0.690. The fourth-order valence-electron chi connectivity index (χ4n) is 3.41. The second-order valence-corrected chi connectivity index (χ2v) is 7.06. The number of nitrogens with one attached hydrogen (secondary N) is 1. The van der Waals surface area contributed by atoms with Crippen molar-refractivity contribution >= 4 is 35.3 Å². The minimum atomic E-state index is -0.537. The fraction of sp³-hybridized carbons (Fsp3) is 0.125. The summed E-state index contributed by atoms with van der Waals surface area (Å²) < 4.78 is 14.0. The smallest absolute Gasteiger partial charge is 0.229 e. The monoisotopic (exact) mass is 401 g/mol. The van der Waals surface area contributed by atoms with Crippen molar-refractivity contribution in [3.05, 3.63) is 90.0 Å². The molecule has 1 fully saturated rings. The zero-order valence-corrected chi connectivity index (χ0v) is 16.2. The summed E-state index contributed by atoms with van der Waals surface area (Å²) in [6.07, 6.45) is 5.59. The van der Waals surface area contributed by atoms with Gasteiger partial charge in [0.1, 0.15) is 5.82 Å². The predicted octanol–water partition coefficient (Wildman–Crippen LogP) is 4.38. The number of rotatable bonds is 5. The molecule has 30 heavy (non-hydrogen) atoms. The molecule has 0 radical (unpaired) electrons. The summed E-state index contributed by atoms with van der Waals surface area (Å²) in [5.74, 6) is -1.52. The average Bonchev–Trinajstić information content (AvgIpc) is 3.15. The molecular formula is C24H20FN3O2. The van der Waals surface area contributed by atoms with Crippen LogP contribution in [-0.2, 0) is 9.59 Å². The van der Waals surface area contributed by atoms with Crippen molar-refractivity contribution in [1.82, 2.24) is 4.98 Å². The predicted molar refractivity (Wildman–Crippen MR) is 115 cm³/mol. The Morgan fingerprint density at radius 3 is 2.70 bits per heavy atom. The van der Waals surface area contributed by atoms with E-state index in [0.717, 1.165) is 11.3 Å². The number of benzene rings is 2. The van der Waals surface area contributed by atoms with Gasteiger partial charge in [0.15, 0.2) is 0 Å². The van der Waals surface area contributed by atoms with Crippen LogP contribution in [0.4, 0.5) is 15.8 Å². The van der Waals surface area contributed by atoms with E-state index in [2.05, 4.69) is 10.3 Å². The minimum Gasteiger partial charge on any atom is -0.326 e. The molecule has 3 aromatic rings. The topological polar surface area (TPSA) is 62.3 Å². The first-order valence-corrected chi connectivity index (χ1v) is 9.65. The van der Waals surface area contributed by atoms with Gasteiger partial charge in [0.05, 0.1) is 17.3 Å². The Bertz CT molecular complexity index is 1100. The van der Waals surface area contributed by atoms with Crippen molar-refractivity contribution in [3.8, 4) is 0 Å². The van der Waals surface area contributed by atoms with Gasteiger partial charge in [0.25, 0.3) is 0 Å². The lowest BCUT2D eigenvalue weighted by molar-refractivity contribution is -0.122. The summed E-state index contributed by atoms with van der Waals surface area (Å²) >= 11 is 0. The van der Waals surface area contributed by atoms with E-state index in [1.165, 1.54) is 11.0 Å². The van der Waals surface area contributed by atoms with E-state index in [1.54, 1.807) is 30.5 Å². The first kappa shape index (κ1) is 19.5. The largest absolute Gasteiger partial charge is 0.326 e. The van der Waals surface area contributed by atoms with Gasteiger partial charge in [-0.15, -0.1) is 0 Å². The second kappa shape index (κ2) is 8.69. The van der Waals surface area contributed by atoms with E-state index in [-0.39, 0.29) is 30.5 Å². The van der Waals surface area contributed by atoms with Gasteiger partial charge >= 0.3 is 0 Å². The van der Waals surface area contributed by atoms with Crippen LogP contribution in [0.3, 0.4) is 0 Å². The molecule has 4 rings (SSSR count). The summed E-state index contributed by atoms with van der Waals surface area (Å²) in [6, 6.07) is 19.2. The van der Waals surface area contributed by atoms with Crippen LogP contribution in [0.2, 0.25) is 0 Å². The van der Waals surface area contributed by atoms with Gasteiger partial charge in [-0.05, 0) is 48.0 Å². The van der Waals surface area contributed by atoms with Crippen LogP contribution in [0.1, 0.15) is 17.7 Å². The molecule has 1 aliphatic heterocycles. The fourth-order valence-corrected chi connectivity index (χ4v) is 3.41. The highest BCUT2D eigenvalue weighted by Gasteiger charge is 2.36. The number of hydrogen-bond acceptors (Lipinski definition) is 3. The third-order valence-corrected chi connectivity index (χ3v) is 4.93. The highest BCUT2D eigenvalue weighted by atomic mass is 19.1. The van der Waals surface area contributed by atoms with Crippen LogP contribution in [0.5, 0.6) is 0 Å². The number of hydrogen-bond donors (Lipinski definition) is 1. The van der Waals surface area contributed by atoms with Crippen LogP contribution in [0, 0.1) is 11.7 Å². The van der Waals surface area contributed by atoms with Gasteiger partial charge < -0.3 is 10.2 Å². The van der Waals surface area contributed by atoms with Crippen molar-refractivity contribution in [2.75, 3.05) is 16.8 Å². The molecule has 0 saturated carbocycles. The number of nitrogens with zero attached hydrogens (tertiary/aromatic N) is 2. The molecule has 2 heterocycles. The van der Waals surface area contributed by atoms with Gasteiger partial charge in [0.2, 0.25) is 11.8 Å². The van der Waals surface area contributed by atoms with E-state index in [1.807, 2.05) is 48.6 Å². The van der Waals surface area contributed by atoms with Crippen molar-refractivity contribution in [2.24, 2.45) is 5.92 Å². The number of anilines is 2. The van der Waals surface area contributed by atoms with Crippen LogP contribution in [0.25, 0.3) is 12.2 Å². The lowest BCUT2D eigenvalue weighted by Crippen LogP contribution is -2.28. The summed E-state index contributed by atoms with van der Waals surface area (Å²) in [4.78, 5) is 30.6. The summed E-state index contributed by atoms with van der Waals surface area (Å²) in [5.41, 5.74) is 2.60. The molecule has 1 aliphatic rings. The first-order chi connectivity index (χ1) is 14.6. The van der Waals surface area contributed by atoms with Crippen LogP contribution in [-0.4, -0.2) is 23.3 Å². The molecule has 150 valence electrons. The van der Waals surface area contributed by atoms with E-state index >= 15 is 0 Å². The Hall–Kier alpha value is -3.80. The first-order valence-electron chi connectivity index (χ1n) is 9.65. The Balaban J connectivity index is 1.42. The molecule has 0 unspecified atom stereocenters. The Labute approximate surface area is 173 Å². The van der Waals surface area contributed by atoms with Crippen molar-refractivity contribution in [3.63, 3.8) is 0 Å². The maximum Gasteiger partial charge on any atom is 0.229 e. The summed E-state index contributed by atoms with van der Waals surface area (Å²) in [5, 5.41) is 2.87. The summed E-state index contributed by atoms with van der Waals surface area (Å²) in [7, 11) is 0. The molecule has 1 atom stereocenters. The number of aromatic nitrogens is 1. The maximum absolute atomic E-state index is 14.0. The summed E-state index contributed by atoms with van der Waals surface area (Å²) in [6.45, 7) is 0.158. The van der Waals surface area contributed by atoms with E-state index in [9.17, 15) is 14.0 Å². The average molecular weight is 401 g/mol. The van der Waals surface area contributed by atoms with Crippen molar-refractivity contribution in [2.45, 2.75) is 6.42 Å². The van der Waals surface area contributed by atoms with Gasteiger partial charge in [-0.1, -0.05) is 36.4 Å². The van der Waals surface area contributed by atoms with Gasteiger partial charge in [-0.25, -0.2) is 4.39 Å².